The number of piperidine rings is 1. The van der Waals surface area contributed by atoms with E-state index in [4.69, 9.17) is 0 Å². The molecular weight excluding hydrogens is 290 g/mol. The first-order chi connectivity index (χ1) is 9.54. The summed E-state index contributed by atoms with van der Waals surface area (Å²) in [5.41, 5.74) is 1.07. The van der Waals surface area contributed by atoms with Gasteiger partial charge in [-0.3, -0.25) is 4.79 Å². The van der Waals surface area contributed by atoms with Gasteiger partial charge in [0, 0.05) is 10.1 Å². The molecule has 0 bridgehead atoms. The van der Waals surface area contributed by atoms with E-state index >= 15 is 0 Å². The fourth-order valence-corrected chi connectivity index (χ4v) is 4.70. The Hall–Kier alpha value is -0.850. The molecule has 2 aromatic heterocycles. The molecule has 4 nitrogen and oxygen atoms in total. The predicted octanol–water partition coefficient (Wildman–Crippen LogP) is 2.79. The minimum absolute atomic E-state index is 0.00674. The minimum Gasteiger partial charge on any atom is -0.306 e. The normalized spacial score (nSPS) is 17.9. The van der Waals surface area contributed by atoms with Crippen molar-refractivity contribution < 1.29 is 0 Å². The molecule has 20 heavy (non-hydrogen) atoms. The van der Waals surface area contributed by atoms with Crippen molar-refractivity contribution in [3.05, 3.63) is 20.8 Å². The molecule has 0 spiro atoms. The van der Waals surface area contributed by atoms with E-state index in [1.165, 1.54) is 4.88 Å². The number of likely N-dealkylation sites (tertiary alicyclic amines) is 1. The molecule has 1 fully saturated rings. The Morgan fingerprint density at radius 2 is 2.05 bits per heavy atom. The molecule has 1 aliphatic rings. The van der Waals surface area contributed by atoms with Gasteiger partial charge in [-0.25, -0.2) is 4.98 Å². The third kappa shape index (κ3) is 2.64. The van der Waals surface area contributed by atoms with Crippen LogP contribution in [0.1, 0.15) is 23.3 Å². The first kappa shape index (κ1) is 14.1. The van der Waals surface area contributed by atoms with Gasteiger partial charge in [-0.1, -0.05) is 11.8 Å². The quantitative estimate of drug-likeness (QED) is 0.867. The summed E-state index contributed by atoms with van der Waals surface area (Å²) in [6, 6.07) is 0. The van der Waals surface area contributed by atoms with Crippen molar-refractivity contribution in [2.45, 2.75) is 37.1 Å². The van der Waals surface area contributed by atoms with E-state index in [-0.39, 0.29) is 5.56 Å². The van der Waals surface area contributed by atoms with Crippen LogP contribution in [0.15, 0.2) is 9.95 Å². The van der Waals surface area contributed by atoms with E-state index in [2.05, 4.69) is 21.9 Å². The number of aromatic nitrogens is 2. The number of nitrogens with zero attached hydrogens (tertiary/aromatic N) is 2. The van der Waals surface area contributed by atoms with E-state index in [1.807, 2.05) is 13.8 Å². The second-order valence-corrected chi connectivity index (χ2v) is 7.95. The first-order valence-corrected chi connectivity index (χ1v) is 8.59. The molecule has 0 atom stereocenters. The summed E-state index contributed by atoms with van der Waals surface area (Å²) in [5, 5.41) is 2.10. The van der Waals surface area contributed by atoms with Crippen molar-refractivity contribution >= 4 is 33.3 Å². The van der Waals surface area contributed by atoms with Gasteiger partial charge in [0.1, 0.15) is 4.83 Å². The molecule has 0 saturated carbocycles. The number of aryl methyl sites for hydroxylation is 2. The highest BCUT2D eigenvalue weighted by Gasteiger charge is 2.20. The fraction of sp³-hybridized carbons (Fsp3) is 0.571. The first-order valence-electron chi connectivity index (χ1n) is 6.90. The zero-order valence-electron chi connectivity index (χ0n) is 12.0. The van der Waals surface area contributed by atoms with Crippen molar-refractivity contribution in [1.82, 2.24) is 14.9 Å². The van der Waals surface area contributed by atoms with Crippen LogP contribution in [-0.2, 0) is 0 Å². The summed E-state index contributed by atoms with van der Waals surface area (Å²) in [6.07, 6.45) is 2.32. The van der Waals surface area contributed by atoms with Crippen LogP contribution in [0, 0.1) is 13.8 Å². The second kappa shape index (κ2) is 5.50. The van der Waals surface area contributed by atoms with Crippen molar-refractivity contribution in [1.29, 1.82) is 0 Å². The molecule has 3 heterocycles. The molecule has 0 amide bonds. The zero-order chi connectivity index (χ0) is 14.3. The molecule has 3 rings (SSSR count). The number of aromatic amines is 1. The van der Waals surface area contributed by atoms with Crippen LogP contribution in [-0.4, -0.2) is 40.3 Å². The maximum absolute atomic E-state index is 12.2. The second-order valence-electron chi connectivity index (χ2n) is 5.45. The molecule has 0 aromatic carbocycles. The van der Waals surface area contributed by atoms with Crippen LogP contribution < -0.4 is 5.56 Å². The maximum Gasteiger partial charge on any atom is 0.260 e. The van der Waals surface area contributed by atoms with Gasteiger partial charge in [-0.05, 0) is 52.4 Å². The Balaban J connectivity index is 1.88. The molecule has 1 aliphatic heterocycles. The Bertz CT molecular complexity index is 684. The molecule has 0 radical (unpaired) electrons. The Kier molecular flexibility index (Phi) is 3.88. The summed E-state index contributed by atoms with van der Waals surface area (Å²) in [6.45, 7) is 6.29. The number of thioether (sulfide) groups is 1. The number of thiophene rings is 1. The lowest BCUT2D eigenvalue weighted by Crippen LogP contribution is -2.31. The van der Waals surface area contributed by atoms with Gasteiger partial charge < -0.3 is 9.88 Å². The molecule has 0 aliphatic carbocycles. The van der Waals surface area contributed by atoms with Crippen molar-refractivity contribution in [2.75, 3.05) is 20.1 Å². The van der Waals surface area contributed by atoms with E-state index in [0.717, 1.165) is 46.9 Å². The van der Waals surface area contributed by atoms with Crippen LogP contribution in [0.4, 0.5) is 0 Å². The third-order valence-corrected chi connectivity index (χ3v) is 6.28. The van der Waals surface area contributed by atoms with Crippen molar-refractivity contribution in [3.63, 3.8) is 0 Å². The number of fused-ring (bicyclic) bond motifs is 1. The Labute approximate surface area is 126 Å². The average Bonchev–Trinajstić information content (AvgIpc) is 2.68. The smallest absolute Gasteiger partial charge is 0.260 e. The molecule has 6 heteroatoms. The zero-order valence-corrected chi connectivity index (χ0v) is 13.7. The van der Waals surface area contributed by atoms with Gasteiger partial charge >= 0.3 is 0 Å². The van der Waals surface area contributed by atoms with Gasteiger partial charge in [0.05, 0.1) is 5.39 Å². The van der Waals surface area contributed by atoms with Crippen LogP contribution in [0.2, 0.25) is 0 Å². The summed E-state index contributed by atoms with van der Waals surface area (Å²) in [7, 11) is 2.16. The van der Waals surface area contributed by atoms with Crippen molar-refractivity contribution in [3.8, 4) is 0 Å². The lowest BCUT2D eigenvalue weighted by atomic mass is 10.1. The largest absolute Gasteiger partial charge is 0.306 e. The molecule has 1 N–H and O–H groups in total. The SMILES string of the molecule is Cc1sc2nc(SC3CCN(C)CC3)[nH]c(=O)c2c1C. The topological polar surface area (TPSA) is 49.0 Å². The number of hydrogen-bond donors (Lipinski definition) is 1. The highest BCUT2D eigenvalue weighted by Crippen LogP contribution is 2.30. The third-order valence-electron chi connectivity index (χ3n) is 3.96. The standard InChI is InChI=1S/C14H19N3OS2/c1-8-9(2)19-13-11(8)12(18)15-14(16-13)20-10-4-6-17(3)7-5-10/h10H,4-7H2,1-3H3,(H,15,16,18). The summed E-state index contributed by atoms with van der Waals surface area (Å²) in [5.74, 6) is 0. The van der Waals surface area contributed by atoms with E-state index < -0.39 is 0 Å². The Morgan fingerprint density at radius 1 is 1.35 bits per heavy atom. The van der Waals surface area contributed by atoms with E-state index in [1.54, 1.807) is 23.1 Å². The lowest BCUT2D eigenvalue weighted by Gasteiger charge is -2.27. The fourth-order valence-electron chi connectivity index (χ4n) is 2.55. The number of nitrogens with one attached hydrogen (secondary N) is 1. The summed E-state index contributed by atoms with van der Waals surface area (Å²) < 4.78 is 0. The monoisotopic (exact) mass is 309 g/mol. The summed E-state index contributed by atoms with van der Waals surface area (Å²) >= 11 is 3.34. The van der Waals surface area contributed by atoms with Crippen LogP contribution in [0.25, 0.3) is 10.2 Å². The minimum atomic E-state index is 0.00674. The maximum atomic E-state index is 12.2. The average molecular weight is 309 g/mol. The number of H-pyrrole nitrogens is 1. The van der Waals surface area contributed by atoms with Gasteiger partial charge in [0.2, 0.25) is 0 Å². The van der Waals surface area contributed by atoms with E-state index in [9.17, 15) is 4.79 Å². The lowest BCUT2D eigenvalue weighted by molar-refractivity contribution is 0.282. The molecule has 108 valence electrons. The molecule has 2 aromatic rings. The van der Waals surface area contributed by atoms with Gasteiger partial charge in [0.25, 0.3) is 5.56 Å². The predicted molar refractivity (Wildman–Crippen MR) is 86.1 cm³/mol. The Morgan fingerprint density at radius 3 is 2.75 bits per heavy atom. The highest BCUT2D eigenvalue weighted by molar-refractivity contribution is 7.99. The number of rotatable bonds is 2. The van der Waals surface area contributed by atoms with Gasteiger partial charge in [-0.2, -0.15) is 0 Å². The van der Waals surface area contributed by atoms with Crippen molar-refractivity contribution in [2.24, 2.45) is 0 Å². The van der Waals surface area contributed by atoms with E-state index in [0.29, 0.717) is 5.25 Å². The van der Waals surface area contributed by atoms with Crippen LogP contribution in [0.5, 0.6) is 0 Å². The van der Waals surface area contributed by atoms with Crippen LogP contribution >= 0.6 is 23.1 Å². The molecular formula is C14H19N3OS2. The van der Waals surface area contributed by atoms with Gasteiger partial charge in [0.15, 0.2) is 5.16 Å². The van der Waals surface area contributed by atoms with Crippen LogP contribution in [0.3, 0.4) is 0 Å². The molecule has 0 unspecified atom stereocenters. The summed E-state index contributed by atoms with van der Waals surface area (Å²) in [4.78, 5) is 24.2. The highest BCUT2D eigenvalue weighted by atomic mass is 32.2. The number of hydrogen-bond acceptors (Lipinski definition) is 5. The molecule has 1 saturated heterocycles. The van der Waals surface area contributed by atoms with Gasteiger partial charge in [-0.15, -0.1) is 11.3 Å².